The average molecular weight is 308 g/mol. The second-order valence-electron chi connectivity index (χ2n) is 6.15. The molecule has 23 heavy (non-hydrogen) atoms. The third kappa shape index (κ3) is 3.15. The van der Waals surface area contributed by atoms with Gasteiger partial charge in [0.25, 0.3) is 0 Å². The number of benzene rings is 1. The maximum absolute atomic E-state index is 10.5. The Balaban J connectivity index is 2.04. The van der Waals surface area contributed by atoms with Gasteiger partial charge in [-0.1, -0.05) is 38.1 Å². The van der Waals surface area contributed by atoms with Crippen molar-refractivity contribution in [3.63, 3.8) is 0 Å². The Morgan fingerprint density at radius 2 is 1.78 bits per heavy atom. The fraction of sp³-hybridized carbons (Fsp3) is 0.350. The van der Waals surface area contributed by atoms with Gasteiger partial charge in [0.15, 0.2) is 0 Å². The summed E-state index contributed by atoms with van der Waals surface area (Å²) < 4.78 is 2.02. The van der Waals surface area contributed by atoms with Crippen molar-refractivity contribution in [1.82, 2.24) is 9.38 Å². The molecule has 0 aliphatic rings. The summed E-state index contributed by atoms with van der Waals surface area (Å²) in [6, 6.07) is 12.8. The van der Waals surface area contributed by atoms with E-state index in [4.69, 9.17) is 4.98 Å². The molecule has 1 N–H and O–H groups in total. The Morgan fingerprint density at radius 3 is 2.43 bits per heavy atom. The lowest BCUT2D eigenvalue weighted by Gasteiger charge is -2.11. The zero-order valence-electron chi connectivity index (χ0n) is 14.1. The molecule has 0 saturated carbocycles. The van der Waals surface area contributed by atoms with Crippen LogP contribution in [0.15, 0.2) is 42.6 Å². The summed E-state index contributed by atoms with van der Waals surface area (Å²) in [6.07, 6.45) is 4.00. The van der Waals surface area contributed by atoms with E-state index in [0.717, 1.165) is 29.9 Å². The molecule has 2 aromatic heterocycles. The molecular weight excluding hydrogens is 284 g/mol. The monoisotopic (exact) mass is 308 g/mol. The summed E-state index contributed by atoms with van der Waals surface area (Å²) in [5, 5.41) is 10.5. The maximum atomic E-state index is 10.5. The molecule has 0 aliphatic heterocycles. The van der Waals surface area contributed by atoms with Crippen LogP contribution >= 0.6 is 0 Å². The van der Waals surface area contributed by atoms with Gasteiger partial charge < -0.3 is 9.51 Å². The Morgan fingerprint density at radius 1 is 1.09 bits per heavy atom. The van der Waals surface area contributed by atoms with Gasteiger partial charge in [0.2, 0.25) is 0 Å². The number of aliphatic hydroxyl groups excluding tert-OH is 1. The van der Waals surface area contributed by atoms with E-state index in [1.54, 1.807) is 0 Å². The highest BCUT2D eigenvalue weighted by Gasteiger charge is 2.18. The van der Waals surface area contributed by atoms with E-state index < -0.39 is 6.10 Å². The number of fused-ring (bicyclic) bond motifs is 1. The van der Waals surface area contributed by atoms with Gasteiger partial charge >= 0.3 is 0 Å². The van der Waals surface area contributed by atoms with Crippen LogP contribution in [0.4, 0.5) is 0 Å². The molecule has 120 valence electrons. The smallest absolute Gasteiger partial charge is 0.137 e. The van der Waals surface area contributed by atoms with E-state index in [9.17, 15) is 5.11 Å². The highest BCUT2D eigenvalue weighted by atomic mass is 16.3. The minimum Gasteiger partial charge on any atom is -0.387 e. The molecule has 3 aromatic rings. The quantitative estimate of drug-likeness (QED) is 0.765. The van der Waals surface area contributed by atoms with Gasteiger partial charge in [0.1, 0.15) is 5.65 Å². The highest BCUT2D eigenvalue weighted by Crippen LogP contribution is 2.25. The SMILES string of the molecule is CCc1ccc(Cc2nc3cc(C)ccn3c2C(O)CC)cc1. The van der Waals surface area contributed by atoms with Crippen LogP contribution in [0.3, 0.4) is 0 Å². The molecule has 0 radical (unpaired) electrons. The molecule has 1 atom stereocenters. The van der Waals surface area contributed by atoms with Crippen LogP contribution in [0.25, 0.3) is 5.65 Å². The molecule has 3 heteroatoms. The minimum absolute atomic E-state index is 0.488. The number of hydrogen-bond acceptors (Lipinski definition) is 2. The van der Waals surface area contributed by atoms with Crippen molar-refractivity contribution < 1.29 is 5.11 Å². The van der Waals surface area contributed by atoms with E-state index >= 15 is 0 Å². The number of imidazole rings is 1. The molecule has 0 amide bonds. The number of hydrogen-bond donors (Lipinski definition) is 1. The predicted molar refractivity (Wildman–Crippen MR) is 93.8 cm³/mol. The third-order valence-electron chi connectivity index (χ3n) is 4.40. The van der Waals surface area contributed by atoms with E-state index in [-0.39, 0.29) is 0 Å². The van der Waals surface area contributed by atoms with Crippen molar-refractivity contribution in [2.75, 3.05) is 0 Å². The summed E-state index contributed by atoms with van der Waals surface area (Å²) in [5.41, 5.74) is 6.54. The molecule has 3 rings (SSSR count). The molecule has 0 saturated heterocycles. The molecule has 3 nitrogen and oxygen atoms in total. The number of pyridine rings is 1. The minimum atomic E-state index is -0.488. The molecule has 1 unspecified atom stereocenters. The fourth-order valence-electron chi connectivity index (χ4n) is 2.98. The van der Waals surface area contributed by atoms with Gasteiger partial charge in [-0.05, 0) is 48.6 Å². The summed E-state index contributed by atoms with van der Waals surface area (Å²) in [5.74, 6) is 0. The van der Waals surface area contributed by atoms with Gasteiger partial charge in [0.05, 0.1) is 17.5 Å². The van der Waals surface area contributed by atoms with Crippen molar-refractivity contribution in [2.45, 2.75) is 46.1 Å². The van der Waals surface area contributed by atoms with Gasteiger partial charge in [-0.3, -0.25) is 0 Å². The summed E-state index contributed by atoms with van der Waals surface area (Å²) in [4.78, 5) is 4.78. The molecule has 0 bridgehead atoms. The van der Waals surface area contributed by atoms with Crippen LogP contribution in [0.1, 0.15) is 54.5 Å². The highest BCUT2D eigenvalue weighted by molar-refractivity contribution is 5.47. The topological polar surface area (TPSA) is 37.5 Å². The zero-order valence-corrected chi connectivity index (χ0v) is 14.1. The van der Waals surface area contributed by atoms with E-state index in [1.807, 2.05) is 17.5 Å². The predicted octanol–water partition coefficient (Wildman–Crippen LogP) is 4.24. The lowest BCUT2D eigenvalue weighted by Crippen LogP contribution is -2.04. The first kappa shape index (κ1) is 15.8. The lowest BCUT2D eigenvalue weighted by molar-refractivity contribution is 0.167. The van der Waals surface area contributed by atoms with E-state index in [2.05, 4.69) is 50.2 Å². The van der Waals surface area contributed by atoms with Gasteiger partial charge in [-0.25, -0.2) is 4.98 Å². The Kier molecular flexibility index (Phi) is 4.49. The van der Waals surface area contributed by atoms with E-state index in [1.165, 1.54) is 16.7 Å². The first-order valence-electron chi connectivity index (χ1n) is 8.35. The van der Waals surface area contributed by atoms with Gasteiger partial charge in [-0.15, -0.1) is 0 Å². The fourth-order valence-corrected chi connectivity index (χ4v) is 2.98. The first-order valence-corrected chi connectivity index (χ1v) is 8.35. The van der Waals surface area contributed by atoms with Crippen LogP contribution in [0, 0.1) is 6.92 Å². The summed E-state index contributed by atoms with van der Waals surface area (Å²) in [7, 11) is 0. The van der Waals surface area contributed by atoms with E-state index in [0.29, 0.717) is 6.42 Å². The molecule has 2 heterocycles. The molecular formula is C20H24N2O. The Bertz CT molecular complexity index is 802. The van der Waals surface area contributed by atoms with Crippen molar-refractivity contribution in [1.29, 1.82) is 0 Å². The summed E-state index contributed by atoms with van der Waals surface area (Å²) in [6.45, 7) is 6.22. The van der Waals surface area contributed by atoms with Crippen molar-refractivity contribution in [3.8, 4) is 0 Å². The second kappa shape index (κ2) is 6.55. The van der Waals surface area contributed by atoms with Crippen molar-refractivity contribution >= 4 is 5.65 Å². The standard InChI is InChI=1S/C20H24N2O/c1-4-15-6-8-16(9-7-15)13-17-20(18(23)5-2)22-11-10-14(3)12-19(22)21-17/h6-12,18,23H,4-5,13H2,1-3H3. The summed E-state index contributed by atoms with van der Waals surface area (Å²) >= 11 is 0. The first-order chi connectivity index (χ1) is 11.1. The number of nitrogens with zero attached hydrogens (tertiary/aromatic N) is 2. The van der Waals surface area contributed by atoms with Crippen LogP contribution in [0.5, 0.6) is 0 Å². The maximum Gasteiger partial charge on any atom is 0.137 e. The normalized spacial score (nSPS) is 12.7. The number of aliphatic hydroxyl groups is 1. The lowest BCUT2D eigenvalue weighted by atomic mass is 10.0. The molecule has 0 aliphatic carbocycles. The second-order valence-corrected chi connectivity index (χ2v) is 6.15. The van der Waals surface area contributed by atoms with Crippen molar-refractivity contribution in [2.24, 2.45) is 0 Å². The number of aryl methyl sites for hydroxylation is 2. The molecule has 0 spiro atoms. The Hall–Kier alpha value is -2.13. The van der Waals surface area contributed by atoms with Crippen LogP contribution in [-0.2, 0) is 12.8 Å². The van der Waals surface area contributed by atoms with Crippen LogP contribution < -0.4 is 0 Å². The van der Waals surface area contributed by atoms with Crippen LogP contribution in [0.2, 0.25) is 0 Å². The molecule has 0 fully saturated rings. The average Bonchev–Trinajstić information content (AvgIpc) is 2.91. The Labute approximate surface area is 137 Å². The zero-order chi connectivity index (χ0) is 16.4. The van der Waals surface area contributed by atoms with Gasteiger partial charge in [0, 0.05) is 12.6 Å². The third-order valence-corrected chi connectivity index (χ3v) is 4.40. The largest absolute Gasteiger partial charge is 0.387 e. The van der Waals surface area contributed by atoms with Gasteiger partial charge in [-0.2, -0.15) is 0 Å². The number of aromatic nitrogens is 2. The number of rotatable bonds is 5. The van der Waals surface area contributed by atoms with Crippen molar-refractivity contribution in [3.05, 3.63) is 70.7 Å². The molecule has 1 aromatic carbocycles. The van der Waals surface area contributed by atoms with Crippen LogP contribution in [-0.4, -0.2) is 14.5 Å².